The van der Waals surface area contributed by atoms with E-state index in [4.69, 9.17) is 0 Å². The molecular weight excluding hydrogens is 208 g/mol. The van der Waals surface area contributed by atoms with Crippen LogP contribution in [0.1, 0.15) is 48.2 Å². The molecule has 82 valence electrons. The summed E-state index contributed by atoms with van der Waals surface area (Å²) < 4.78 is 4.11. The van der Waals surface area contributed by atoms with Crippen LogP contribution in [-0.2, 0) is 0 Å². The summed E-state index contributed by atoms with van der Waals surface area (Å²) in [7, 11) is 0. The lowest BCUT2D eigenvalue weighted by Gasteiger charge is -2.22. The number of aromatic nitrogens is 1. The largest absolute Gasteiger partial charge is 0.349 e. The van der Waals surface area contributed by atoms with Crippen molar-refractivity contribution in [3.8, 4) is 0 Å². The molecule has 1 aliphatic rings. The summed E-state index contributed by atoms with van der Waals surface area (Å²) in [5, 5.41) is 4.92. The van der Waals surface area contributed by atoms with Crippen LogP contribution in [0.25, 0.3) is 0 Å². The van der Waals surface area contributed by atoms with Crippen molar-refractivity contribution in [1.29, 1.82) is 0 Å². The van der Waals surface area contributed by atoms with Crippen molar-refractivity contribution in [3.05, 3.63) is 16.6 Å². The third kappa shape index (κ3) is 2.56. The molecule has 0 bridgehead atoms. The van der Waals surface area contributed by atoms with Crippen molar-refractivity contribution in [2.24, 2.45) is 0 Å². The first-order valence-electron chi connectivity index (χ1n) is 5.49. The van der Waals surface area contributed by atoms with Gasteiger partial charge in [-0.15, -0.1) is 0 Å². The lowest BCUT2D eigenvalue weighted by Crippen LogP contribution is -2.36. The zero-order chi connectivity index (χ0) is 10.7. The van der Waals surface area contributed by atoms with Crippen LogP contribution in [0.4, 0.5) is 0 Å². The van der Waals surface area contributed by atoms with Gasteiger partial charge >= 0.3 is 0 Å². The van der Waals surface area contributed by atoms with E-state index in [1.165, 1.54) is 30.8 Å². The monoisotopic (exact) mass is 224 g/mol. The third-order valence-corrected chi connectivity index (χ3v) is 3.66. The predicted molar refractivity (Wildman–Crippen MR) is 61.2 cm³/mol. The van der Waals surface area contributed by atoms with Crippen LogP contribution in [0.2, 0.25) is 0 Å². The minimum atomic E-state index is 0.0492. The van der Waals surface area contributed by atoms with Gasteiger partial charge in [0.15, 0.2) is 0 Å². The smallest absolute Gasteiger partial charge is 0.254 e. The number of hydrogen-bond donors (Lipinski definition) is 1. The second kappa shape index (κ2) is 4.75. The number of carbonyl (C=O) groups excluding carboxylic acids is 1. The molecule has 0 aromatic carbocycles. The highest BCUT2D eigenvalue weighted by Gasteiger charge is 2.18. The first-order valence-corrected chi connectivity index (χ1v) is 6.33. The summed E-state index contributed by atoms with van der Waals surface area (Å²) in [4.78, 5) is 11.9. The Morgan fingerprint density at radius 2 is 2.20 bits per heavy atom. The van der Waals surface area contributed by atoms with Crippen molar-refractivity contribution in [2.45, 2.75) is 45.1 Å². The number of carbonyl (C=O) groups is 1. The number of nitrogens with zero attached hydrogens (tertiary/aromatic N) is 1. The van der Waals surface area contributed by atoms with E-state index in [0.717, 1.165) is 24.1 Å². The van der Waals surface area contributed by atoms with Crippen molar-refractivity contribution in [2.75, 3.05) is 0 Å². The molecule has 0 aliphatic heterocycles. The molecule has 1 fully saturated rings. The maximum absolute atomic E-state index is 11.9. The Hall–Kier alpha value is -0.900. The predicted octanol–water partition coefficient (Wildman–Crippen LogP) is 2.51. The summed E-state index contributed by atoms with van der Waals surface area (Å²) in [5.41, 5.74) is 1.58. The average molecular weight is 224 g/mol. The standard InChI is InChI=1S/C11H16N2OS/c1-8-10(7-15-13-8)11(14)12-9-5-3-2-4-6-9/h7,9H,2-6H2,1H3,(H,12,14). The van der Waals surface area contributed by atoms with E-state index in [1.54, 1.807) is 0 Å². The van der Waals surface area contributed by atoms with E-state index in [2.05, 4.69) is 9.69 Å². The molecule has 0 radical (unpaired) electrons. The molecule has 1 amide bonds. The van der Waals surface area contributed by atoms with Crippen LogP contribution in [0.5, 0.6) is 0 Å². The molecule has 0 unspecified atom stereocenters. The van der Waals surface area contributed by atoms with Crippen molar-refractivity contribution < 1.29 is 4.79 Å². The topological polar surface area (TPSA) is 42.0 Å². The Balaban J connectivity index is 1.94. The number of hydrogen-bond acceptors (Lipinski definition) is 3. The van der Waals surface area contributed by atoms with Crippen LogP contribution < -0.4 is 5.32 Å². The van der Waals surface area contributed by atoms with E-state index < -0.39 is 0 Å². The SMILES string of the molecule is Cc1nscc1C(=O)NC1CCCCC1. The zero-order valence-electron chi connectivity index (χ0n) is 8.95. The molecule has 3 nitrogen and oxygen atoms in total. The number of rotatable bonds is 2. The minimum Gasteiger partial charge on any atom is -0.349 e. The van der Waals surface area contributed by atoms with Crippen LogP contribution in [0, 0.1) is 6.92 Å². The minimum absolute atomic E-state index is 0.0492. The number of nitrogens with one attached hydrogen (secondary N) is 1. The summed E-state index contributed by atoms with van der Waals surface area (Å²) in [6, 6.07) is 0.380. The van der Waals surface area contributed by atoms with E-state index in [-0.39, 0.29) is 5.91 Å². The highest BCUT2D eigenvalue weighted by atomic mass is 32.1. The lowest BCUT2D eigenvalue weighted by molar-refractivity contribution is 0.0927. The molecule has 1 aliphatic carbocycles. The number of aryl methyl sites for hydroxylation is 1. The third-order valence-electron chi connectivity index (χ3n) is 2.93. The van der Waals surface area contributed by atoms with Gasteiger partial charge in [-0.05, 0) is 31.3 Å². The fourth-order valence-electron chi connectivity index (χ4n) is 2.02. The Bertz CT molecular complexity index is 342. The van der Waals surface area contributed by atoms with E-state index in [1.807, 2.05) is 12.3 Å². The van der Waals surface area contributed by atoms with Crippen LogP contribution >= 0.6 is 11.5 Å². The quantitative estimate of drug-likeness (QED) is 0.838. The second-order valence-electron chi connectivity index (χ2n) is 4.12. The molecule has 1 saturated carbocycles. The molecule has 1 heterocycles. The summed E-state index contributed by atoms with van der Waals surface area (Å²) in [6.07, 6.45) is 6.05. The van der Waals surface area contributed by atoms with Gasteiger partial charge in [-0.3, -0.25) is 4.79 Å². The zero-order valence-corrected chi connectivity index (χ0v) is 9.77. The molecule has 0 spiro atoms. The molecule has 0 saturated heterocycles. The van der Waals surface area contributed by atoms with Gasteiger partial charge in [-0.1, -0.05) is 19.3 Å². The highest BCUT2D eigenvalue weighted by Crippen LogP contribution is 2.18. The normalized spacial score (nSPS) is 17.7. The fourth-order valence-corrected chi connectivity index (χ4v) is 2.71. The summed E-state index contributed by atoms with van der Waals surface area (Å²) in [5.74, 6) is 0.0492. The molecule has 1 N–H and O–H groups in total. The van der Waals surface area contributed by atoms with Gasteiger partial charge in [0.2, 0.25) is 0 Å². The van der Waals surface area contributed by atoms with Gasteiger partial charge in [0.25, 0.3) is 5.91 Å². The lowest BCUT2D eigenvalue weighted by atomic mass is 9.95. The van der Waals surface area contributed by atoms with Gasteiger partial charge in [-0.2, -0.15) is 4.37 Å². The Morgan fingerprint density at radius 3 is 2.80 bits per heavy atom. The molecular formula is C11H16N2OS. The summed E-state index contributed by atoms with van der Waals surface area (Å²) in [6.45, 7) is 1.88. The maximum Gasteiger partial charge on any atom is 0.254 e. The van der Waals surface area contributed by atoms with Crippen LogP contribution in [0.15, 0.2) is 5.38 Å². The summed E-state index contributed by atoms with van der Waals surface area (Å²) >= 11 is 1.35. The highest BCUT2D eigenvalue weighted by molar-refractivity contribution is 7.03. The Labute approximate surface area is 94.1 Å². The number of amides is 1. The van der Waals surface area contributed by atoms with Crippen molar-refractivity contribution >= 4 is 17.4 Å². The van der Waals surface area contributed by atoms with Gasteiger partial charge in [0.1, 0.15) is 0 Å². The van der Waals surface area contributed by atoms with Gasteiger partial charge in [-0.25, -0.2) is 0 Å². The molecule has 1 aromatic rings. The molecule has 4 heteroatoms. The Morgan fingerprint density at radius 1 is 1.47 bits per heavy atom. The molecule has 15 heavy (non-hydrogen) atoms. The molecule has 2 rings (SSSR count). The maximum atomic E-state index is 11.9. The van der Waals surface area contributed by atoms with E-state index in [9.17, 15) is 4.79 Å². The fraction of sp³-hybridized carbons (Fsp3) is 0.636. The Kier molecular flexibility index (Phi) is 3.36. The van der Waals surface area contributed by atoms with Gasteiger partial charge in [0, 0.05) is 11.4 Å². The second-order valence-corrected chi connectivity index (χ2v) is 4.75. The van der Waals surface area contributed by atoms with Crippen LogP contribution in [-0.4, -0.2) is 16.3 Å². The molecule has 1 aromatic heterocycles. The first kappa shape index (κ1) is 10.6. The van der Waals surface area contributed by atoms with E-state index in [0.29, 0.717) is 6.04 Å². The van der Waals surface area contributed by atoms with Gasteiger partial charge in [0.05, 0.1) is 11.3 Å². The van der Waals surface area contributed by atoms with Crippen molar-refractivity contribution in [1.82, 2.24) is 9.69 Å². The van der Waals surface area contributed by atoms with Gasteiger partial charge < -0.3 is 5.32 Å². The average Bonchev–Trinajstić information content (AvgIpc) is 2.66. The molecule has 0 atom stereocenters. The van der Waals surface area contributed by atoms with Crippen LogP contribution in [0.3, 0.4) is 0 Å². The first-order chi connectivity index (χ1) is 7.27. The van der Waals surface area contributed by atoms with Crippen molar-refractivity contribution in [3.63, 3.8) is 0 Å². The van der Waals surface area contributed by atoms with E-state index >= 15 is 0 Å².